The quantitative estimate of drug-likeness (QED) is 0.891. The van der Waals surface area contributed by atoms with Crippen LogP contribution in [-0.2, 0) is 0 Å². The molecular weight excluding hydrogens is 245 g/mol. The molecule has 2 N–H and O–H groups in total. The van der Waals surface area contributed by atoms with E-state index >= 15 is 0 Å². The Kier molecular flexibility index (Phi) is 3.01. The molecule has 0 atom stereocenters. The Morgan fingerprint density at radius 1 is 1.06 bits per heavy atom. The third-order valence-electron chi connectivity index (χ3n) is 2.33. The second-order valence-corrected chi connectivity index (χ2v) is 3.58. The molecule has 0 aliphatic carbocycles. The van der Waals surface area contributed by atoms with Crippen LogP contribution in [0, 0.1) is 17.5 Å². The Bertz CT molecular complexity index is 629. The lowest BCUT2D eigenvalue weighted by Crippen LogP contribution is -2.14. The largest absolute Gasteiger partial charge is 0.366 e. The summed E-state index contributed by atoms with van der Waals surface area (Å²) in [4.78, 5) is 14.5. The first kappa shape index (κ1) is 12.1. The predicted octanol–water partition coefficient (Wildman–Crippen LogP) is 2.26. The van der Waals surface area contributed by atoms with Crippen LogP contribution in [0.3, 0.4) is 0 Å². The van der Waals surface area contributed by atoms with Crippen LogP contribution in [0.5, 0.6) is 0 Å². The normalized spacial score (nSPS) is 10.4. The summed E-state index contributed by atoms with van der Waals surface area (Å²) in [7, 11) is 0. The fourth-order valence-corrected chi connectivity index (χ4v) is 1.50. The standard InChI is InChI=1S/C12H7F3N2O/c13-8-1-7(4-17-5-8)6-2-9(12(16)18)11(15)10(14)3-6/h1-5H,(H2,16,18). The van der Waals surface area contributed by atoms with Crippen LogP contribution in [0.25, 0.3) is 11.1 Å². The van der Waals surface area contributed by atoms with Crippen molar-refractivity contribution in [1.29, 1.82) is 0 Å². The van der Waals surface area contributed by atoms with Gasteiger partial charge in [-0.15, -0.1) is 0 Å². The van der Waals surface area contributed by atoms with Gasteiger partial charge in [-0.1, -0.05) is 0 Å². The first-order chi connectivity index (χ1) is 8.49. The molecule has 1 aromatic carbocycles. The SMILES string of the molecule is NC(=O)c1cc(-c2cncc(F)c2)cc(F)c1F. The van der Waals surface area contributed by atoms with E-state index in [0.29, 0.717) is 0 Å². The fourth-order valence-electron chi connectivity index (χ4n) is 1.50. The lowest BCUT2D eigenvalue weighted by atomic mass is 10.0. The molecule has 0 spiro atoms. The summed E-state index contributed by atoms with van der Waals surface area (Å²) >= 11 is 0. The molecule has 0 fully saturated rings. The molecule has 3 nitrogen and oxygen atoms in total. The van der Waals surface area contributed by atoms with Gasteiger partial charge in [0.25, 0.3) is 5.91 Å². The zero-order valence-corrected chi connectivity index (χ0v) is 8.95. The average Bonchev–Trinajstić information content (AvgIpc) is 2.32. The molecule has 1 heterocycles. The molecule has 0 unspecified atom stereocenters. The van der Waals surface area contributed by atoms with Crippen molar-refractivity contribution in [2.24, 2.45) is 5.73 Å². The van der Waals surface area contributed by atoms with Gasteiger partial charge in [0.15, 0.2) is 11.6 Å². The molecule has 1 amide bonds. The Hall–Kier alpha value is -2.37. The van der Waals surface area contributed by atoms with E-state index in [1.807, 2.05) is 0 Å². The number of halogens is 3. The van der Waals surface area contributed by atoms with Crippen molar-refractivity contribution in [1.82, 2.24) is 4.98 Å². The Labute approximate surface area is 100 Å². The number of rotatable bonds is 2. The highest BCUT2D eigenvalue weighted by Gasteiger charge is 2.16. The van der Waals surface area contributed by atoms with Crippen molar-refractivity contribution in [3.63, 3.8) is 0 Å². The van der Waals surface area contributed by atoms with E-state index in [9.17, 15) is 18.0 Å². The summed E-state index contributed by atoms with van der Waals surface area (Å²) in [5.41, 5.74) is 4.68. The smallest absolute Gasteiger partial charge is 0.251 e. The number of primary amides is 1. The highest BCUT2D eigenvalue weighted by Crippen LogP contribution is 2.24. The number of hydrogen-bond acceptors (Lipinski definition) is 2. The molecule has 2 rings (SSSR count). The minimum Gasteiger partial charge on any atom is -0.366 e. The van der Waals surface area contributed by atoms with Crippen LogP contribution in [0.4, 0.5) is 13.2 Å². The number of nitrogens with two attached hydrogens (primary N) is 1. The minimum absolute atomic E-state index is 0.120. The highest BCUT2D eigenvalue weighted by molar-refractivity contribution is 5.94. The molecule has 6 heteroatoms. The predicted molar refractivity (Wildman–Crippen MR) is 58.1 cm³/mol. The molecule has 18 heavy (non-hydrogen) atoms. The molecule has 0 bridgehead atoms. The fraction of sp³-hybridized carbons (Fsp3) is 0. The van der Waals surface area contributed by atoms with Crippen LogP contribution in [0.15, 0.2) is 30.6 Å². The van der Waals surface area contributed by atoms with Crippen LogP contribution in [0.2, 0.25) is 0 Å². The average molecular weight is 252 g/mol. The molecule has 0 radical (unpaired) electrons. The number of hydrogen-bond donors (Lipinski definition) is 1. The van der Waals surface area contributed by atoms with Gasteiger partial charge in [-0.2, -0.15) is 0 Å². The zero-order chi connectivity index (χ0) is 13.3. The topological polar surface area (TPSA) is 56.0 Å². The van der Waals surface area contributed by atoms with Crippen LogP contribution in [-0.4, -0.2) is 10.9 Å². The van der Waals surface area contributed by atoms with Gasteiger partial charge in [0, 0.05) is 11.8 Å². The molecule has 0 aliphatic heterocycles. The van der Waals surface area contributed by atoms with Crippen LogP contribution < -0.4 is 5.73 Å². The van der Waals surface area contributed by atoms with Gasteiger partial charge in [-0.05, 0) is 23.8 Å². The molecule has 1 aromatic heterocycles. The summed E-state index contributed by atoms with van der Waals surface area (Å²) in [6, 6.07) is 2.99. The third kappa shape index (κ3) is 2.17. The maximum atomic E-state index is 13.3. The van der Waals surface area contributed by atoms with Gasteiger partial charge >= 0.3 is 0 Å². The maximum absolute atomic E-state index is 13.3. The number of benzene rings is 1. The lowest BCUT2D eigenvalue weighted by Gasteiger charge is -2.05. The number of pyridine rings is 1. The monoisotopic (exact) mass is 252 g/mol. The molecule has 0 saturated heterocycles. The van der Waals surface area contributed by atoms with Gasteiger partial charge in [0.1, 0.15) is 5.82 Å². The number of aromatic nitrogens is 1. The maximum Gasteiger partial charge on any atom is 0.251 e. The second-order valence-electron chi connectivity index (χ2n) is 3.58. The van der Waals surface area contributed by atoms with E-state index in [-0.39, 0.29) is 11.1 Å². The van der Waals surface area contributed by atoms with Gasteiger partial charge < -0.3 is 5.73 Å². The van der Waals surface area contributed by atoms with Crippen molar-refractivity contribution < 1.29 is 18.0 Å². The first-order valence-corrected chi connectivity index (χ1v) is 4.89. The van der Waals surface area contributed by atoms with Crippen molar-refractivity contribution >= 4 is 5.91 Å². The summed E-state index contributed by atoms with van der Waals surface area (Å²) < 4.78 is 39.5. The molecule has 0 saturated carbocycles. The van der Waals surface area contributed by atoms with E-state index < -0.39 is 28.9 Å². The lowest BCUT2D eigenvalue weighted by molar-refractivity contribution is 0.0995. The minimum atomic E-state index is -1.32. The van der Waals surface area contributed by atoms with Gasteiger partial charge in [0.05, 0.1) is 11.8 Å². The summed E-state index contributed by atoms with van der Waals surface area (Å²) in [5.74, 6) is -4.28. The van der Waals surface area contributed by atoms with Crippen molar-refractivity contribution in [3.8, 4) is 11.1 Å². The van der Waals surface area contributed by atoms with Gasteiger partial charge in [0.2, 0.25) is 0 Å². The van der Waals surface area contributed by atoms with E-state index in [0.717, 1.165) is 24.4 Å². The Balaban J connectivity index is 2.63. The summed E-state index contributed by atoms with van der Waals surface area (Å²) in [6.45, 7) is 0. The van der Waals surface area contributed by atoms with Crippen molar-refractivity contribution in [2.75, 3.05) is 0 Å². The zero-order valence-electron chi connectivity index (χ0n) is 8.95. The van der Waals surface area contributed by atoms with Crippen molar-refractivity contribution in [2.45, 2.75) is 0 Å². The van der Waals surface area contributed by atoms with Gasteiger partial charge in [-0.3, -0.25) is 9.78 Å². The highest BCUT2D eigenvalue weighted by atomic mass is 19.2. The van der Waals surface area contributed by atoms with Gasteiger partial charge in [-0.25, -0.2) is 13.2 Å². The number of nitrogens with zero attached hydrogens (tertiary/aromatic N) is 1. The third-order valence-corrected chi connectivity index (χ3v) is 2.33. The number of carbonyl (C=O) groups excluding carboxylic acids is 1. The van der Waals surface area contributed by atoms with E-state index in [4.69, 9.17) is 5.73 Å². The number of carbonyl (C=O) groups is 1. The Morgan fingerprint density at radius 2 is 1.78 bits per heavy atom. The molecule has 92 valence electrons. The van der Waals surface area contributed by atoms with E-state index in [1.165, 1.54) is 6.20 Å². The van der Waals surface area contributed by atoms with Crippen LogP contribution in [0.1, 0.15) is 10.4 Å². The second kappa shape index (κ2) is 4.48. The van der Waals surface area contributed by atoms with Crippen molar-refractivity contribution in [3.05, 3.63) is 53.6 Å². The summed E-state index contributed by atoms with van der Waals surface area (Å²) in [6.07, 6.45) is 2.24. The summed E-state index contributed by atoms with van der Waals surface area (Å²) in [5, 5.41) is 0. The first-order valence-electron chi connectivity index (χ1n) is 4.89. The molecule has 2 aromatic rings. The van der Waals surface area contributed by atoms with Crippen LogP contribution >= 0.6 is 0 Å². The van der Waals surface area contributed by atoms with E-state index in [2.05, 4.69) is 4.98 Å². The molecular formula is C12H7F3N2O. The Morgan fingerprint density at radius 3 is 2.39 bits per heavy atom. The molecule has 0 aliphatic rings. The van der Waals surface area contributed by atoms with E-state index in [1.54, 1.807) is 0 Å². The number of amides is 1.